The van der Waals surface area contributed by atoms with E-state index in [0.717, 1.165) is 19.6 Å². The second-order valence-corrected chi connectivity index (χ2v) is 4.41. The van der Waals surface area contributed by atoms with Crippen molar-refractivity contribution in [2.45, 2.75) is 39.7 Å². The maximum Gasteiger partial charge on any atom is 0.149 e. The van der Waals surface area contributed by atoms with Gasteiger partial charge in [-0.2, -0.15) is 0 Å². The van der Waals surface area contributed by atoms with Crippen molar-refractivity contribution in [3.63, 3.8) is 0 Å². The Labute approximate surface area is 105 Å². The molecule has 0 spiro atoms. The summed E-state index contributed by atoms with van der Waals surface area (Å²) in [5.74, 6) is 0.205. The second kappa shape index (κ2) is 8.61. The molecule has 0 radical (unpaired) electrons. The molecule has 0 amide bonds. The molecule has 102 valence electrons. The first-order valence-electron chi connectivity index (χ1n) is 6.36. The highest BCUT2D eigenvalue weighted by Gasteiger charge is 2.31. The molecule has 0 aliphatic heterocycles. The van der Waals surface area contributed by atoms with Gasteiger partial charge in [0.25, 0.3) is 0 Å². The van der Waals surface area contributed by atoms with Crippen molar-refractivity contribution in [3.05, 3.63) is 0 Å². The summed E-state index contributed by atoms with van der Waals surface area (Å²) in [6, 6.07) is 0. The summed E-state index contributed by atoms with van der Waals surface area (Å²) in [5.41, 5.74) is -0.372. The Morgan fingerprint density at radius 2 is 1.76 bits per heavy atom. The van der Waals surface area contributed by atoms with Crippen molar-refractivity contribution in [2.24, 2.45) is 0 Å². The van der Waals surface area contributed by atoms with E-state index < -0.39 is 0 Å². The third-order valence-electron chi connectivity index (χ3n) is 3.44. The lowest BCUT2D eigenvalue weighted by Gasteiger charge is -2.35. The maximum atomic E-state index is 11.6. The highest BCUT2D eigenvalue weighted by molar-refractivity contribution is 5.85. The Balaban J connectivity index is 3.84. The predicted molar refractivity (Wildman–Crippen MR) is 69.3 cm³/mol. The fraction of sp³-hybridized carbons (Fsp3) is 0.923. The number of nitrogens with zero attached hydrogens (tertiary/aromatic N) is 1. The van der Waals surface area contributed by atoms with Crippen molar-refractivity contribution in [1.29, 1.82) is 0 Å². The Hall–Kier alpha value is -0.450. The van der Waals surface area contributed by atoms with Gasteiger partial charge in [0.15, 0.2) is 0 Å². The monoisotopic (exact) mass is 245 g/mol. The van der Waals surface area contributed by atoms with E-state index in [1.807, 2.05) is 27.8 Å². The van der Waals surface area contributed by atoms with E-state index in [1.54, 1.807) is 6.92 Å². The summed E-state index contributed by atoms with van der Waals surface area (Å²) in [4.78, 5) is 13.7. The third kappa shape index (κ3) is 5.61. The van der Waals surface area contributed by atoms with Crippen LogP contribution in [0.5, 0.6) is 0 Å². The molecule has 17 heavy (non-hydrogen) atoms. The summed E-state index contributed by atoms with van der Waals surface area (Å²) in [6.45, 7) is 11.0. The number of ether oxygens (including phenoxy) is 2. The Kier molecular flexibility index (Phi) is 8.39. The smallest absolute Gasteiger partial charge is 0.149 e. The lowest BCUT2D eigenvalue weighted by Crippen LogP contribution is -2.50. The van der Waals surface area contributed by atoms with E-state index in [4.69, 9.17) is 9.47 Å². The molecule has 0 fully saturated rings. The molecule has 4 nitrogen and oxygen atoms in total. The van der Waals surface area contributed by atoms with Gasteiger partial charge in [0.2, 0.25) is 0 Å². The van der Waals surface area contributed by atoms with Crippen LogP contribution < -0.4 is 0 Å². The van der Waals surface area contributed by atoms with Crippen LogP contribution in [0.1, 0.15) is 34.1 Å². The van der Waals surface area contributed by atoms with Crippen LogP contribution >= 0.6 is 0 Å². The Morgan fingerprint density at radius 1 is 1.18 bits per heavy atom. The van der Waals surface area contributed by atoms with Crippen LogP contribution in [0.15, 0.2) is 0 Å². The van der Waals surface area contributed by atoms with E-state index in [0.29, 0.717) is 19.8 Å². The van der Waals surface area contributed by atoms with Crippen LogP contribution in [-0.2, 0) is 14.3 Å². The number of ketones is 1. The zero-order valence-electron chi connectivity index (χ0n) is 11.9. The van der Waals surface area contributed by atoms with Gasteiger partial charge in [-0.05, 0) is 34.2 Å². The maximum absolute atomic E-state index is 11.6. The summed E-state index contributed by atoms with van der Waals surface area (Å²) in [6.07, 6.45) is 0.817. The van der Waals surface area contributed by atoms with E-state index in [9.17, 15) is 4.79 Å². The quantitative estimate of drug-likeness (QED) is 0.549. The highest BCUT2D eigenvalue weighted by Crippen LogP contribution is 2.18. The van der Waals surface area contributed by atoms with Gasteiger partial charge in [0.1, 0.15) is 5.78 Å². The fourth-order valence-corrected chi connectivity index (χ4v) is 1.60. The number of Topliss-reactive ketones (excluding diaryl/α,β-unsaturated/α-hetero) is 1. The van der Waals surface area contributed by atoms with Crippen LogP contribution in [0.3, 0.4) is 0 Å². The predicted octanol–water partition coefficient (Wildman–Crippen LogP) is 1.73. The van der Waals surface area contributed by atoms with Gasteiger partial charge in [-0.1, -0.05) is 6.92 Å². The van der Waals surface area contributed by atoms with E-state index in [1.165, 1.54) is 0 Å². The average Bonchev–Trinajstić information content (AvgIpc) is 2.31. The molecule has 0 aromatic carbocycles. The summed E-state index contributed by atoms with van der Waals surface area (Å²) in [7, 11) is 1.97. The van der Waals surface area contributed by atoms with Crippen LogP contribution in [0.25, 0.3) is 0 Å². The van der Waals surface area contributed by atoms with Crippen molar-refractivity contribution >= 4 is 5.78 Å². The molecule has 0 saturated carbocycles. The van der Waals surface area contributed by atoms with Crippen LogP contribution in [-0.4, -0.2) is 56.2 Å². The minimum atomic E-state index is -0.372. The molecule has 0 aromatic heterocycles. The summed E-state index contributed by atoms with van der Waals surface area (Å²) >= 11 is 0. The fourth-order valence-electron chi connectivity index (χ4n) is 1.60. The molecule has 0 bridgehead atoms. The van der Waals surface area contributed by atoms with Crippen molar-refractivity contribution in [1.82, 2.24) is 4.90 Å². The largest absolute Gasteiger partial charge is 0.379 e. The van der Waals surface area contributed by atoms with Gasteiger partial charge in [0.05, 0.1) is 25.4 Å². The number of carbonyl (C=O) groups excluding carboxylic acids is 1. The van der Waals surface area contributed by atoms with Gasteiger partial charge in [-0.25, -0.2) is 0 Å². The molecule has 4 heteroatoms. The van der Waals surface area contributed by atoms with Gasteiger partial charge in [-0.3, -0.25) is 9.69 Å². The average molecular weight is 245 g/mol. The molecular formula is C13H27NO3. The number of carbonyl (C=O) groups is 1. The molecule has 0 aromatic rings. The van der Waals surface area contributed by atoms with Crippen LogP contribution in [0, 0.1) is 0 Å². The molecule has 0 rings (SSSR count). The first-order chi connectivity index (χ1) is 7.99. The molecule has 1 atom stereocenters. The topological polar surface area (TPSA) is 38.8 Å². The SMILES string of the molecule is CCOCCOCCN(C)C(C)(CC)C(C)=O. The molecule has 0 aliphatic rings. The van der Waals surface area contributed by atoms with E-state index in [-0.39, 0.29) is 11.3 Å². The molecular weight excluding hydrogens is 218 g/mol. The highest BCUT2D eigenvalue weighted by atomic mass is 16.5. The van der Waals surface area contributed by atoms with E-state index in [2.05, 4.69) is 4.90 Å². The molecule has 0 aliphatic carbocycles. The minimum absolute atomic E-state index is 0.205. The van der Waals surface area contributed by atoms with Gasteiger partial charge < -0.3 is 9.47 Å². The number of hydrogen-bond acceptors (Lipinski definition) is 4. The number of rotatable bonds is 10. The van der Waals surface area contributed by atoms with Gasteiger partial charge in [-0.15, -0.1) is 0 Å². The second-order valence-electron chi connectivity index (χ2n) is 4.41. The molecule has 1 unspecified atom stereocenters. The van der Waals surface area contributed by atoms with Crippen LogP contribution in [0.4, 0.5) is 0 Å². The zero-order chi connectivity index (χ0) is 13.3. The normalized spacial score (nSPS) is 14.9. The molecule has 0 heterocycles. The molecule has 0 saturated heterocycles. The third-order valence-corrected chi connectivity index (χ3v) is 3.44. The Morgan fingerprint density at radius 3 is 2.24 bits per heavy atom. The van der Waals surface area contributed by atoms with Gasteiger partial charge in [0, 0.05) is 13.2 Å². The van der Waals surface area contributed by atoms with Crippen LogP contribution in [0.2, 0.25) is 0 Å². The standard InChI is InChI=1S/C13H27NO3/c1-6-13(4,12(3)15)14(5)8-9-17-11-10-16-7-2/h6-11H2,1-5H3. The van der Waals surface area contributed by atoms with Crippen molar-refractivity contribution in [2.75, 3.05) is 40.0 Å². The van der Waals surface area contributed by atoms with Gasteiger partial charge >= 0.3 is 0 Å². The lowest BCUT2D eigenvalue weighted by molar-refractivity contribution is -0.128. The summed E-state index contributed by atoms with van der Waals surface area (Å²) < 4.78 is 10.6. The molecule has 0 N–H and O–H groups in total. The Bertz CT molecular complexity index is 221. The van der Waals surface area contributed by atoms with E-state index >= 15 is 0 Å². The van der Waals surface area contributed by atoms with Crippen molar-refractivity contribution in [3.8, 4) is 0 Å². The summed E-state index contributed by atoms with van der Waals surface area (Å²) in [5, 5.41) is 0. The van der Waals surface area contributed by atoms with Crippen molar-refractivity contribution < 1.29 is 14.3 Å². The minimum Gasteiger partial charge on any atom is -0.379 e. The zero-order valence-corrected chi connectivity index (χ0v) is 11.9. The first kappa shape index (κ1) is 16.6. The lowest BCUT2D eigenvalue weighted by atomic mass is 9.92. The first-order valence-corrected chi connectivity index (χ1v) is 6.36. The number of hydrogen-bond donors (Lipinski definition) is 0. The number of likely N-dealkylation sites (N-methyl/N-ethyl adjacent to an activating group) is 1.